The molecule has 1 fully saturated rings. The van der Waals surface area contributed by atoms with Gasteiger partial charge in [0.05, 0.1) is 17.9 Å². The molecule has 2 heterocycles. The molecule has 1 aliphatic rings. The first-order valence-corrected chi connectivity index (χ1v) is 10.9. The van der Waals surface area contributed by atoms with Crippen molar-refractivity contribution in [1.82, 2.24) is 9.47 Å². The van der Waals surface area contributed by atoms with Crippen molar-refractivity contribution in [2.24, 2.45) is 5.92 Å². The molecule has 2 aromatic carbocycles. The standard InChI is InChI=1S/C23H23N3O3S/c1-15(2)11-25-13-19(18-5-3-4-6-20(18)25)22(28)24-17-9-7-16(8-10-17)12-26-21(27)14-30-23(26)29/h3-10,13,15H,11-12,14H2,1-2H3,(H,24,28). The summed E-state index contributed by atoms with van der Waals surface area (Å²) in [5.41, 5.74) is 3.19. The summed E-state index contributed by atoms with van der Waals surface area (Å²) in [5.74, 6) is 0.345. The highest BCUT2D eigenvalue weighted by molar-refractivity contribution is 8.14. The highest BCUT2D eigenvalue weighted by Gasteiger charge is 2.29. The van der Waals surface area contributed by atoms with E-state index in [1.165, 1.54) is 4.90 Å². The van der Waals surface area contributed by atoms with Gasteiger partial charge in [-0.05, 0) is 29.7 Å². The molecule has 154 valence electrons. The molecule has 6 nitrogen and oxygen atoms in total. The van der Waals surface area contributed by atoms with Crippen LogP contribution in [-0.4, -0.2) is 32.3 Å². The molecule has 1 N–H and O–H groups in total. The molecule has 0 radical (unpaired) electrons. The van der Waals surface area contributed by atoms with E-state index < -0.39 is 0 Å². The zero-order chi connectivity index (χ0) is 21.3. The number of hydrogen-bond acceptors (Lipinski definition) is 4. The first kappa shape index (κ1) is 20.2. The minimum absolute atomic E-state index is 0.164. The topological polar surface area (TPSA) is 71.4 Å². The summed E-state index contributed by atoms with van der Waals surface area (Å²) >= 11 is 1.03. The van der Waals surface area contributed by atoms with Crippen LogP contribution in [0.15, 0.2) is 54.7 Å². The van der Waals surface area contributed by atoms with Crippen molar-refractivity contribution in [3.63, 3.8) is 0 Å². The lowest BCUT2D eigenvalue weighted by Gasteiger charge is -2.13. The largest absolute Gasteiger partial charge is 0.346 e. The van der Waals surface area contributed by atoms with Crippen molar-refractivity contribution >= 4 is 45.4 Å². The minimum Gasteiger partial charge on any atom is -0.346 e. The monoisotopic (exact) mass is 421 g/mol. The quantitative estimate of drug-likeness (QED) is 0.624. The maximum atomic E-state index is 13.0. The van der Waals surface area contributed by atoms with E-state index >= 15 is 0 Å². The van der Waals surface area contributed by atoms with Gasteiger partial charge in [-0.25, -0.2) is 0 Å². The Morgan fingerprint density at radius 1 is 1.10 bits per heavy atom. The molecule has 1 aromatic heterocycles. The van der Waals surface area contributed by atoms with Crippen LogP contribution in [0.25, 0.3) is 10.9 Å². The fourth-order valence-corrected chi connectivity index (χ4v) is 4.31. The van der Waals surface area contributed by atoms with E-state index in [9.17, 15) is 14.4 Å². The molecule has 1 saturated heterocycles. The fourth-order valence-electron chi connectivity index (χ4n) is 3.58. The Balaban J connectivity index is 1.50. The van der Waals surface area contributed by atoms with Crippen LogP contribution in [0.2, 0.25) is 0 Å². The number of imide groups is 1. The summed E-state index contributed by atoms with van der Waals surface area (Å²) in [6.45, 7) is 5.40. The van der Waals surface area contributed by atoms with Crippen LogP contribution in [0.3, 0.4) is 0 Å². The Labute approximate surface area is 179 Å². The number of fused-ring (bicyclic) bond motifs is 1. The number of carbonyl (C=O) groups excluding carboxylic acids is 3. The summed E-state index contributed by atoms with van der Waals surface area (Å²) < 4.78 is 2.13. The third-order valence-corrected chi connectivity index (χ3v) is 5.85. The maximum Gasteiger partial charge on any atom is 0.289 e. The van der Waals surface area contributed by atoms with Crippen molar-refractivity contribution in [3.05, 3.63) is 65.9 Å². The molecule has 0 aliphatic carbocycles. The second-order valence-corrected chi connectivity index (χ2v) is 8.72. The molecule has 0 atom stereocenters. The van der Waals surface area contributed by atoms with E-state index in [0.29, 0.717) is 17.2 Å². The lowest BCUT2D eigenvalue weighted by molar-refractivity contribution is -0.125. The number of rotatable bonds is 6. The van der Waals surface area contributed by atoms with Gasteiger partial charge >= 0.3 is 0 Å². The van der Waals surface area contributed by atoms with E-state index in [1.807, 2.05) is 42.6 Å². The molecule has 4 rings (SSSR count). The van der Waals surface area contributed by atoms with Crippen LogP contribution in [0, 0.1) is 5.92 Å². The summed E-state index contributed by atoms with van der Waals surface area (Å²) in [5, 5.41) is 3.67. The molecule has 0 spiro atoms. The van der Waals surface area contributed by atoms with Crippen LogP contribution in [0.4, 0.5) is 10.5 Å². The first-order valence-electron chi connectivity index (χ1n) is 9.87. The third kappa shape index (κ3) is 4.11. The molecule has 3 amide bonds. The van der Waals surface area contributed by atoms with Gasteiger partial charge in [0.25, 0.3) is 11.1 Å². The molecule has 0 unspecified atom stereocenters. The van der Waals surface area contributed by atoms with E-state index in [0.717, 1.165) is 34.8 Å². The molecule has 7 heteroatoms. The summed E-state index contributed by atoms with van der Waals surface area (Å²) in [6, 6.07) is 15.1. The van der Waals surface area contributed by atoms with E-state index in [1.54, 1.807) is 12.1 Å². The van der Waals surface area contributed by atoms with Crippen LogP contribution >= 0.6 is 11.8 Å². The fraction of sp³-hybridized carbons (Fsp3) is 0.261. The van der Waals surface area contributed by atoms with E-state index in [4.69, 9.17) is 0 Å². The Bertz CT molecular complexity index is 1100. The minimum atomic E-state index is -0.213. The number of nitrogens with zero attached hydrogens (tertiary/aromatic N) is 2. The van der Waals surface area contributed by atoms with Crippen LogP contribution in [0.5, 0.6) is 0 Å². The van der Waals surface area contributed by atoms with Crippen molar-refractivity contribution in [1.29, 1.82) is 0 Å². The van der Waals surface area contributed by atoms with Gasteiger partial charge in [0.1, 0.15) is 0 Å². The predicted molar refractivity (Wildman–Crippen MR) is 120 cm³/mol. The van der Waals surface area contributed by atoms with Crippen molar-refractivity contribution in [2.75, 3.05) is 11.1 Å². The SMILES string of the molecule is CC(C)Cn1cc(C(=O)Nc2ccc(CN3C(=O)CSC3=O)cc2)c2ccccc21. The first-order chi connectivity index (χ1) is 14.4. The van der Waals surface area contributed by atoms with Gasteiger partial charge in [-0.1, -0.05) is 55.9 Å². The Morgan fingerprint density at radius 3 is 2.50 bits per heavy atom. The van der Waals surface area contributed by atoms with Crippen LogP contribution in [-0.2, 0) is 17.9 Å². The highest BCUT2D eigenvalue weighted by atomic mass is 32.2. The number of nitrogens with one attached hydrogen (secondary N) is 1. The Kier molecular flexibility index (Phi) is 5.63. The number of para-hydroxylation sites is 1. The number of hydrogen-bond donors (Lipinski definition) is 1. The van der Waals surface area contributed by atoms with Crippen molar-refractivity contribution in [2.45, 2.75) is 26.9 Å². The predicted octanol–water partition coefficient (Wildman–Crippen LogP) is 4.75. The molecule has 0 saturated carbocycles. The lowest BCUT2D eigenvalue weighted by Crippen LogP contribution is -2.27. The molecule has 30 heavy (non-hydrogen) atoms. The molecule has 1 aliphatic heterocycles. The third-order valence-electron chi connectivity index (χ3n) is 4.99. The number of thioether (sulfide) groups is 1. The van der Waals surface area contributed by atoms with Crippen LogP contribution in [0.1, 0.15) is 29.8 Å². The van der Waals surface area contributed by atoms with Gasteiger partial charge in [-0.2, -0.15) is 0 Å². The number of carbonyl (C=O) groups is 3. The molecule has 3 aromatic rings. The van der Waals surface area contributed by atoms with Gasteiger partial charge in [-0.15, -0.1) is 0 Å². The molecular weight excluding hydrogens is 398 g/mol. The number of aromatic nitrogens is 1. The Hall–Kier alpha value is -3.06. The zero-order valence-corrected chi connectivity index (χ0v) is 17.7. The summed E-state index contributed by atoms with van der Waals surface area (Å²) in [4.78, 5) is 37.7. The average Bonchev–Trinajstić information content (AvgIpc) is 3.24. The molecule has 0 bridgehead atoms. The van der Waals surface area contributed by atoms with E-state index in [2.05, 4.69) is 23.7 Å². The maximum absolute atomic E-state index is 13.0. The smallest absolute Gasteiger partial charge is 0.289 e. The van der Waals surface area contributed by atoms with Gasteiger partial charge in [-0.3, -0.25) is 19.3 Å². The highest BCUT2D eigenvalue weighted by Crippen LogP contribution is 2.25. The van der Waals surface area contributed by atoms with Gasteiger partial charge in [0.2, 0.25) is 5.91 Å². The Morgan fingerprint density at radius 2 is 1.83 bits per heavy atom. The molecular formula is C23H23N3O3S. The second-order valence-electron chi connectivity index (χ2n) is 7.79. The normalized spacial score (nSPS) is 14.2. The van der Waals surface area contributed by atoms with Gasteiger partial charge in [0, 0.05) is 29.3 Å². The number of amides is 3. The summed E-state index contributed by atoms with van der Waals surface area (Å²) in [7, 11) is 0. The van der Waals surface area contributed by atoms with Crippen molar-refractivity contribution in [3.8, 4) is 0 Å². The van der Waals surface area contributed by atoms with E-state index in [-0.39, 0.29) is 29.4 Å². The number of anilines is 1. The van der Waals surface area contributed by atoms with Crippen LogP contribution < -0.4 is 5.32 Å². The second kappa shape index (κ2) is 8.36. The van der Waals surface area contributed by atoms with Gasteiger partial charge in [0.15, 0.2) is 0 Å². The zero-order valence-electron chi connectivity index (χ0n) is 16.9. The number of benzene rings is 2. The lowest BCUT2D eigenvalue weighted by atomic mass is 10.1. The average molecular weight is 422 g/mol. The summed E-state index contributed by atoms with van der Waals surface area (Å²) in [6.07, 6.45) is 1.91. The van der Waals surface area contributed by atoms with Gasteiger partial charge < -0.3 is 9.88 Å². The van der Waals surface area contributed by atoms with Crippen molar-refractivity contribution < 1.29 is 14.4 Å².